The summed E-state index contributed by atoms with van der Waals surface area (Å²) in [5.74, 6) is 0.868. The van der Waals surface area contributed by atoms with E-state index in [4.69, 9.17) is 5.73 Å². The Labute approximate surface area is 83.9 Å². The van der Waals surface area contributed by atoms with Crippen LogP contribution in [-0.2, 0) is 0 Å². The van der Waals surface area contributed by atoms with E-state index in [9.17, 15) is 0 Å². The van der Waals surface area contributed by atoms with E-state index >= 15 is 0 Å². The van der Waals surface area contributed by atoms with Crippen LogP contribution in [0.2, 0.25) is 0 Å². The molecule has 1 fully saturated rings. The van der Waals surface area contributed by atoms with Crippen molar-refractivity contribution < 1.29 is 0 Å². The molecule has 1 aliphatic rings. The first-order chi connectivity index (χ1) is 6.84. The SMILES string of the molecule is NC1CCC(Nc2cccnn2)CC1. The van der Waals surface area contributed by atoms with Crippen LogP contribution in [0.3, 0.4) is 0 Å². The third-order valence-corrected chi connectivity index (χ3v) is 2.70. The van der Waals surface area contributed by atoms with E-state index in [0.29, 0.717) is 12.1 Å². The number of hydrogen-bond acceptors (Lipinski definition) is 4. The molecule has 4 nitrogen and oxygen atoms in total. The van der Waals surface area contributed by atoms with Gasteiger partial charge in [-0.05, 0) is 37.8 Å². The van der Waals surface area contributed by atoms with Crippen molar-refractivity contribution in [2.45, 2.75) is 37.8 Å². The predicted octanol–water partition coefficient (Wildman–Crippen LogP) is 1.16. The predicted molar refractivity (Wildman–Crippen MR) is 55.9 cm³/mol. The van der Waals surface area contributed by atoms with E-state index in [1.54, 1.807) is 6.20 Å². The first-order valence-electron chi connectivity index (χ1n) is 5.14. The minimum Gasteiger partial charge on any atom is -0.366 e. The molecule has 76 valence electrons. The zero-order chi connectivity index (χ0) is 9.80. The molecule has 0 amide bonds. The smallest absolute Gasteiger partial charge is 0.148 e. The van der Waals surface area contributed by atoms with Gasteiger partial charge in [-0.1, -0.05) is 0 Å². The van der Waals surface area contributed by atoms with Gasteiger partial charge < -0.3 is 11.1 Å². The van der Waals surface area contributed by atoms with Gasteiger partial charge in [0.05, 0.1) is 0 Å². The molecule has 0 atom stereocenters. The first kappa shape index (κ1) is 9.40. The standard InChI is InChI=1S/C10H16N4/c11-8-3-5-9(6-4-8)13-10-2-1-7-12-14-10/h1-2,7-9H,3-6,11H2,(H,13,14). The zero-order valence-corrected chi connectivity index (χ0v) is 8.19. The number of anilines is 1. The lowest BCUT2D eigenvalue weighted by Gasteiger charge is -2.26. The second kappa shape index (κ2) is 4.37. The molecule has 3 N–H and O–H groups in total. The van der Waals surface area contributed by atoms with Gasteiger partial charge in [0.25, 0.3) is 0 Å². The third-order valence-electron chi connectivity index (χ3n) is 2.70. The summed E-state index contributed by atoms with van der Waals surface area (Å²) in [7, 11) is 0. The molecule has 2 rings (SSSR count). The molecular formula is C10H16N4. The number of aromatic nitrogens is 2. The fourth-order valence-corrected chi connectivity index (χ4v) is 1.85. The molecule has 0 radical (unpaired) electrons. The molecule has 4 heteroatoms. The Balaban J connectivity index is 1.87. The summed E-state index contributed by atoms with van der Waals surface area (Å²) in [4.78, 5) is 0. The van der Waals surface area contributed by atoms with Gasteiger partial charge in [-0.3, -0.25) is 0 Å². The van der Waals surface area contributed by atoms with E-state index in [-0.39, 0.29) is 0 Å². The van der Waals surface area contributed by atoms with Crippen LogP contribution < -0.4 is 11.1 Å². The fraction of sp³-hybridized carbons (Fsp3) is 0.600. The molecule has 0 bridgehead atoms. The molecule has 0 spiro atoms. The average Bonchev–Trinajstić information content (AvgIpc) is 2.23. The molecular weight excluding hydrogens is 176 g/mol. The Morgan fingerprint density at radius 1 is 1.29 bits per heavy atom. The molecule has 1 saturated carbocycles. The van der Waals surface area contributed by atoms with E-state index in [1.165, 1.54) is 0 Å². The maximum absolute atomic E-state index is 5.83. The lowest BCUT2D eigenvalue weighted by atomic mass is 9.92. The van der Waals surface area contributed by atoms with Gasteiger partial charge in [0.15, 0.2) is 0 Å². The largest absolute Gasteiger partial charge is 0.366 e. The summed E-state index contributed by atoms with van der Waals surface area (Å²) in [6.07, 6.45) is 6.17. The average molecular weight is 192 g/mol. The van der Waals surface area contributed by atoms with E-state index in [2.05, 4.69) is 15.5 Å². The van der Waals surface area contributed by atoms with Crippen molar-refractivity contribution in [1.82, 2.24) is 10.2 Å². The van der Waals surface area contributed by atoms with Crippen LogP contribution in [0.4, 0.5) is 5.82 Å². The van der Waals surface area contributed by atoms with Crippen LogP contribution in [0.5, 0.6) is 0 Å². The number of nitrogens with zero attached hydrogens (tertiary/aromatic N) is 2. The quantitative estimate of drug-likeness (QED) is 0.738. The molecule has 1 aromatic heterocycles. The second-order valence-electron chi connectivity index (χ2n) is 3.86. The normalized spacial score (nSPS) is 27.2. The second-order valence-corrected chi connectivity index (χ2v) is 3.86. The molecule has 14 heavy (non-hydrogen) atoms. The maximum atomic E-state index is 5.83. The Hall–Kier alpha value is -1.16. The molecule has 1 heterocycles. The molecule has 0 aromatic carbocycles. The molecule has 0 saturated heterocycles. The van der Waals surface area contributed by atoms with E-state index in [1.807, 2.05) is 12.1 Å². The number of hydrogen-bond donors (Lipinski definition) is 2. The van der Waals surface area contributed by atoms with Crippen molar-refractivity contribution in [2.24, 2.45) is 5.73 Å². The fourth-order valence-electron chi connectivity index (χ4n) is 1.85. The maximum Gasteiger partial charge on any atom is 0.148 e. The topological polar surface area (TPSA) is 63.8 Å². The van der Waals surface area contributed by atoms with Gasteiger partial charge in [-0.15, -0.1) is 5.10 Å². The highest BCUT2D eigenvalue weighted by Crippen LogP contribution is 2.19. The van der Waals surface area contributed by atoms with Crippen molar-refractivity contribution in [3.63, 3.8) is 0 Å². The van der Waals surface area contributed by atoms with Crippen LogP contribution in [-0.4, -0.2) is 22.3 Å². The Morgan fingerprint density at radius 2 is 2.07 bits per heavy atom. The zero-order valence-electron chi connectivity index (χ0n) is 8.19. The summed E-state index contributed by atoms with van der Waals surface area (Å²) >= 11 is 0. The highest BCUT2D eigenvalue weighted by molar-refractivity contribution is 5.32. The number of nitrogens with two attached hydrogens (primary N) is 1. The van der Waals surface area contributed by atoms with E-state index in [0.717, 1.165) is 31.5 Å². The van der Waals surface area contributed by atoms with Crippen molar-refractivity contribution >= 4 is 5.82 Å². The molecule has 0 aliphatic heterocycles. The highest BCUT2D eigenvalue weighted by Gasteiger charge is 2.18. The summed E-state index contributed by atoms with van der Waals surface area (Å²) < 4.78 is 0. The molecule has 1 aliphatic carbocycles. The summed E-state index contributed by atoms with van der Waals surface area (Å²) in [6, 6.07) is 4.76. The Bertz CT molecular complexity index is 267. The van der Waals surface area contributed by atoms with Crippen LogP contribution in [0.15, 0.2) is 18.3 Å². The summed E-state index contributed by atoms with van der Waals surface area (Å²) in [5.41, 5.74) is 5.83. The van der Waals surface area contributed by atoms with Gasteiger partial charge in [0.2, 0.25) is 0 Å². The number of nitrogens with one attached hydrogen (secondary N) is 1. The molecule has 0 unspecified atom stereocenters. The van der Waals surface area contributed by atoms with E-state index < -0.39 is 0 Å². The minimum absolute atomic E-state index is 0.398. The van der Waals surface area contributed by atoms with Crippen molar-refractivity contribution in [3.05, 3.63) is 18.3 Å². The lowest BCUT2D eigenvalue weighted by molar-refractivity contribution is 0.410. The van der Waals surface area contributed by atoms with Crippen molar-refractivity contribution in [3.8, 4) is 0 Å². The van der Waals surface area contributed by atoms with Gasteiger partial charge in [-0.2, -0.15) is 5.10 Å². The lowest BCUT2D eigenvalue weighted by Crippen LogP contribution is -2.33. The van der Waals surface area contributed by atoms with Gasteiger partial charge in [0, 0.05) is 18.3 Å². The van der Waals surface area contributed by atoms with Crippen LogP contribution >= 0.6 is 0 Å². The van der Waals surface area contributed by atoms with Crippen molar-refractivity contribution in [1.29, 1.82) is 0 Å². The molecule has 1 aromatic rings. The summed E-state index contributed by atoms with van der Waals surface area (Å²) in [6.45, 7) is 0. The third kappa shape index (κ3) is 2.42. The number of rotatable bonds is 2. The Kier molecular flexibility index (Phi) is 2.93. The Morgan fingerprint density at radius 3 is 2.71 bits per heavy atom. The van der Waals surface area contributed by atoms with Crippen molar-refractivity contribution in [2.75, 3.05) is 5.32 Å². The highest BCUT2D eigenvalue weighted by atomic mass is 15.2. The van der Waals surface area contributed by atoms with Crippen LogP contribution in [0, 0.1) is 0 Å². The van der Waals surface area contributed by atoms with Gasteiger partial charge >= 0.3 is 0 Å². The van der Waals surface area contributed by atoms with Crippen LogP contribution in [0.1, 0.15) is 25.7 Å². The van der Waals surface area contributed by atoms with Crippen LogP contribution in [0.25, 0.3) is 0 Å². The van der Waals surface area contributed by atoms with Gasteiger partial charge in [0.1, 0.15) is 5.82 Å². The summed E-state index contributed by atoms with van der Waals surface area (Å²) in [5, 5.41) is 11.2. The first-order valence-corrected chi connectivity index (χ1v) is 5.14. The monoisotopic (exact) mass is 192 g/mol. The minimum atomic E-state index is 0.398. The van der Waals surface area contributed by atoms with Gasteiger partial charge in [-0.25, -0.2) is 0 Å².